The van der Waals surface area contributed by atoms with E-state index in [1.807, 2.05) is 25.1 Å². The summed E-state index contributed by atoms with van der Waals surface area (Å²) in [6.07, 6.45) is 5.99. The van der Waals surface area contributed by atoms with Gasteiger partial charge in [0.25, 0.3) is 5.91 Å². The van der Waals surface area contributed by atoms with Crippen molar-refractivity contribution in [3.8, 4) is 11.4 Å². The molecule has 0 radical (unpaired) electrons. The fraction of sp³-hybridized carbons (Fsp3) is 0.300. The second-order valence-electron chi connectivity index (χ2n) is 6.88. The second-order valence-corrected chi connectivity index (χ2v) is 8.15. The Morgan fingerprint density at radius 2 is 2.07 bits per heavy atom. The van der Waals surface area contributed by atoms with E-state index in [-0.39, 0.29) is 11.1 Å². The van der Waals surface area contributed by atoms with Gasteiger partial charge in [-0.3, -0.25) is 4.79 Å². The summed E-state index contributed by atoms with van der Waals surface area (Å²) in [5.41, 5.74) is 2.91. The summed E-state index contributed by atoms with van der Waals surface area (Å²) >= 11 is 9.41. The van der Waals surface area contributed by atoms with Gasteiger partial charge in [0.1, 0.15) is 11.0 Å². The zero-order valence-electron chi connectivity index (χ0n) is 15.4. The Balaban J connectivity index is 1.66. The van der Waals surface area contributed by atoms with Gasteiger partial charge in [-0.1, -0.05) is 30.2 Å². The van der Waals surface area contributed by atoms with E-state index in [1.54, 1.807) is 12.3 Å². The molecule has 0 fully saturated rings. The molecule has 1 N–H and O–H groups in total. The van der Waals surface area contributed by atoms with Gasteiger partial charge >= 0.3 is 0 Å². The SMILES string of the molecule is Cc1ccc(-c2nnc3n2CCCCC3)cc1NC(=O)c1cc(Br)cnc1Cl. The summed E-state index contributed by atoms with van der Waals surface area (Å²) in [6.45, 7) is 2.87. The number of amides is 1. The molecule has 144 valence electrons. The van der Waals surface area contributed by atoms with Crippen LogP contribution >= 0.6 is 27.5 Å². The van der Waals surface area contributed by atoms with Crippen LogP contribution < -0.4 is 5.32 Å². The maximum absolute atomic E-state index is 12.7. The minimum Gasteiger partial charge on any atom is -0.322 e. The number of hydrogen-bond donors (Lipinski definition) is 1. The monoisotopic (exact) mass is 459 g/mol. The van der Waals surface area contributed by atoms with Gasteiger partial charge in [0, 0.05) is 34.9 Å². The molecular weight excluding hydrogens is 442 g/mol. The van der Waals surface area contributed by atoms with Gasteiger partial charge in [-0.05, 0) is 53.4 Å². The molecule has 0 spiro atoms. The van der Waals surface area contributed by atoms with E-state index < -0.39 is 0 Å². The number of aromatic nitrogens is 4. The van der Waals surface area contributed by atoms with Gasteiger partial charge in [0.2, 0.25) is 0 Å². The Morgan fingerprint density at radius 3 is 2.93 bits per heavy atom. The van der Waals surface area contributed by atoms with Crippen LogP contribution in [-0.2, 0) is 13.0 Å². The third kappa shape index (κ3) is 3.82. The minimum atomic E-state index is -0.306. The van der Waals surface area contributed by atoms with Crippen molar-refractivity contribution in [3.63, 3.8) is 0 Å². The van der Waals surface area contributed by atoms with Crippen LogP contribution in [0.25, 0.3) is 11.4 Å². The molecular formula is C20H19BrClN5O. The average molecular weight is 461 g/mol. The number of fused-ring (bicyclic) bond motifs is 1. The van der Waals surface area contributed by atoms with Gasteiger partial charge in [-0.2, -0.15) is 0 Å². The number of hydrogen-bond acceptors (Lipinski definition) is 4. The Labute approximate surface area is 176 Å². The lowest BCUT2D eigenvalue weighted by atomic mass is 10.1. The second kappa shape index (κ2) is 8.01. The topological polar surface area (TPSA) is 72.7 Å². The first-order chi connectivity index (χ1) is 13.5. The summed E-state index contributed by atoms with van der Waals surface area (Å²) in [5, 5.41) is 11.9. The highest BCUT2D eigenvalue weighted by atomic mass is 79.9. The van der Waals surface area contributed by atoms with Gasteiger partial charge in [-0.25, -0.2) is 4.98 Å². The highest BCUT2D eigenvalue weighted by molar-refractivity contribution is 9.10. The lowest BCUT2D eigenvalue weighted by Crippen LogP contribution is -2.14. The van der Waals surface area contributed by atoms with E-state index in [2.05, 4.69) is 41.0 Å². The summed E-state index contributed by atoms with van der Waals surface area (Å²) in [6, 6.07) is 7.59. The van der Waals surface area contributed by atoms with Gasteiger partial charge in [0.15, 0.2) is 5.82 Å². The molecule has 3 aromatic rings. The molecule has 0 bridgehead atoms. The number of halogens is 2. The summed E-state index contributed by atoms with van der Waals surface area (Å²) in [5.74, 6) is 1.57. The van der Waals surface area contributed by atoms with Crippen molar-refractivity contribution < 1.29 is 4.79 Å². The first-order valence-electron chi connectivity index (χ1n) is 9.18. The molecule has 1 aromatic carbocycles. The van der Waals surface area contributed by atoms with Crippen LogP contribution in [0.2, 0.25) is 5.15 Å². The lowest BCUT2D eigenvalue weighted by molar-refractivity contribution is 0.102. The van der Waals surface area contributed by atoms with Crippen molar-refractivity contribution in [2.75, 3.05) is 5.32 Å². The van der Waals surface area contributed by atoms with Crippen LogP contribution in [0, 0.1) is 6.92 Å². The summed E-state index contributed by atoms with van der Waals surface area (Å²) < 4.78 is 2.89. The Morgan fingerprint density at radius 1 is 1.21 bits per heavy atom. The largest absolute Gasteiger partial charge is 0.322 e. The molecule has 4 rings (SSSR count). The lowest BCUT2D eigenvalue weighted by Gasteiger charge is -2.12. The van der Waals surface area contributed by atoms with E-state index in [9.17, 15) is 4.79 Å². The minimum absolute atomic E-state index is 0.164. The quantitative estimate of drug-likeness (QED) is 0.556. The maximum Gasteiger partial charge on any atom is 0.258 e. The third-order valence-electron chi connectivity index (χ3n) is 4.90. The van der Waals surface area contributed by atoms with Crippen molar-refractivity contribution in [3.05, 3.63) is 57.0 Å². The number of nitrogens with zero attached hydrogens (tertiary/aromatic N) is 4. The molecule has 28 heavy (non-hydrogen) atoms. The fourth-order valence-electron chi connectivity index (χ4n) is 3.37. The third-order valence-corrected chi connectivity index (χ3v) is 5.64. The number of benzene rings is 1. The van der Waals surface area contributed by atoms with Crippen LogP contribution in [0.4, 0.5) is 5.69 Å². The van der Waals surface area contributed by atoms with E-state index >= 15 is 0 Å². The molecule has 2 aromatic heterocycles. The standard InChI is InChI=1S/C20H19BrClN5O/c1-12-6-7-13(19-26-25-17-5-3-2-4-8-27(17)19)9-16(12)24-20(28)15-10-14(21)11-23-18(15)22/h6-7,9-11H,2-5,8H2,1H3,(H,24,28). The van der Waals surface area contributed by atoms with Crippen molar-refractivity contribution in [1.82, 2.24) is 19.7 Å². The van der Waals surface area contributed by atoms with Gasteiger partial charge in [-0.15, -0.1) is 10.2 Å². The van der Waals surface area contributed by atoms with Gasteiger partial charge < -0.3 is 9.88 Å². The molecule has 1 amide bonds. The van der Waals surface area contributed by atoms with Crippen molar-refractivity contribution >= 4 is 39.1 Å². The molecule has 1 aliphatic rings. The number of anilines is 1. The molecule has 0 unspecified atom stereocenters. The maximum atomic E-state index is 12.7. The number of carbonyl (C=O) groups is 1. The number of carbonyl (C=O) groups excluding carboxylic acids is 1. The zero-order chi connectivity index (χ0) is 19.7. The molecule has 0 aliphatic carbocycles. The fourth-order valence-corrected chi connectivity index (χ4v) is 3.89. The molecule has 0 saturated carbocycles. The molecule has 0 saturated heterocycles. The Kier molecular flexibility index (Phi) is 5.46. The van der Waals surface area contributed by atoms with Gasteiger partial charge in [0.05, 0.1) is 5.56 Å². The predicted molar refractivity (Wildman–Crippen MR) is 113 cm³/mol. The normalized spacial score (nSPS) is 13.7. The van der Waals surface area contributed by atoms with Crippen molar-refractivity contribution in [2.45, 2.75) is 39.2 Å². The van der Waals surface area contributed by atoms with E-state index in [0.29, 0.717) is 15.7 Å². The Hall–Kier alpha value is -2.25. The Bertz CT molecular complexity index is 1050. The predicted octanol–water partition coefficient (Wildman–Crippen LogP) is 5.04. The van der Waals surface area contributed by atoms with Crippen LogP contribution in [0.1, 0.15) is 41.0 Å². The van der Waals surface area contributed by atoms with E-state index in [4.69, 9.17) is 11.6 Å². The number of aryl methyl sites for hydroxylation is 2. The first kappa shape index (κ1) is 19.1. The highest BCUT2D eigenvalue weighted by Gasteiger charge is 2.18. The molecule has 0 atom stereocenters. The smallest absolute Gasteiger partial charge is 0.258 e. The number of pyridine rings is 1. The summed E-state index contributed by atoms with van der Waals surface area (Å²) in [4.78, 5) is 16.7. The van der Waals surface area contributed by atoms with E-state index in [1.165, 1.54) is 6.42 Å². The number of rotatable bonds is 3. The first-order valence-corrected chi connectivity index (χ1v) is 10.4. The molecule has 3 heterocycles. The van der Waals surface area contributed by atoms with Crippen LogP contribution in [0.5, 0.6) is 0 Å². The van der Waals surface area contributed by atoms with Crippen molar-refractivity contribution in [2.24, 2.45) is 0 Å². The van der Waals surface area contributed by atoms with Crippen LogP contribution in [0.15, 0.2) is 34.9 Å². The summed E-state index contributed by atoms with van der Waals surface area (Å²) in [7, 11) is 0. The van der Waals surface area contributed by atoms with Crippen molar-refractivity contribution in [1.29, 1.82) is 0 Å². The molecule has 6 nitrogen and oxygen atoms in total. The van der Waals surface area contributed by atoms with Crippen LogP contribution in [0.3, 0.4) is 0 Å². The van der Waals surface area contributed by atoms with E-state index in [0.717, 1.165) is 48.6 Å². The average Bonchev–Trinajstić information content (AvgIpc) is 2.93. The zero-order valence-corrected chi connectivity index (χ0v) is 17.7. The highest BCUT2D eigenvalue weighted by Crippen LogP contribution is 2.28. The molecule has 1 aliphatic heterocycles. The van der Waals surface area contributed by atoms with Crippen LogP contribution in [-0.4, -0.2) is 25.7 Å². The molecule has 8 heteroatoms. The number of nitrogens with one attached hydrogen (secondary N) is 1.